The summed E-state index contributed by atoms with van der Waals surface area (Å²) < 4.78 is 4.99. The van der Waals surface area contributed by atoms with E-state index in [1.54, 1.807) is 17.4 Å². The monoisotopic (exact) mass is 348 g/mol. The number of carbonyl (C=O) groups excluding carboxylic acids is 1. The first-order valence-electron chi connectivity index (χ1n) is 8.35. The molecule has 2 aromatic rings. The van der Waals surface area contributed by atoms with Crippen LogP contribution in [-0.2, 0) is 11.3 Å². The quantitative estimate of drug-likeness (QED) is 0.900. The number of amides is 1. The van der Waals surface area contributed by atoms with Gasteiger partial charge in [0.05, 0.1) is 6.04 Å². The maximum Gasteiger partial charge on any atom is 0.242 e. The third-order valence-electron chi connectivity index (χ3n) is 4.39. The lowest BCUT2D eigenvalue weighted by Gasteiger charge is -2.26. The molecule has 1 aliphatic rings. The Kier molecular flexibility index (Phi) is 5.65. The van der Waals surface area contributed by atoms with Gasteiger partial charge >= 0.3 is 0 Å². The van der Waals surface area contributed by atoms with Gasteiger partial charge in [-0.2, -0.15) is 0 Å². The normalized spacial score (nSPS) is 18.2. The van der Waals surface area contributed by atoms with E-state index >= 15 is 0 Å². The summed E-state index contributed by atoms with van der Waals surface area (Å²) in [6.07, 6.45) is 1.08. The van der Waals surface area contributed by atoms with Crippen molar-refractivity contribution in [3.8, 4) is 0 Å². The molecule has 1 atom stereocenters. The number of carbonyl (C=O) groups is 1. The summed E-state index contributed by atoms with van der Waals surface area (Å²) in [6.45, 7) is 8.67. The first kappa shape index (κ1) is 17.1. The first-order chi connectivity index (χ1) is 11.6. The highest BCUT2D eigenvalue weighted by atomic mass is 32.1. The van der Waals surface area contributed by atoms with E-state index in [0.29, 0.717) is 11.6 Å². The third kappa shape index (κ3) is 4.43. The molecule has 6 nitrogen and oxygen atoms in total. The predicted molar refractivity (Wildman–Crippen MR) is 95.1 cm³/mol. The molecule has 130 valence electrons. The van der Waals surface area contributed by atoms with Crippen molar-refractivity contribution in [1.29, 1.82) is 0 Å². The molecule has 0 aliphatic carbocycles. The zero-order valence-electron chi connectivity index (χ0n) is 14.2. The van der Waals surface area contributed by atoms with E-state index in [9.17, 15) is 4.79 Å². The molecule has 7 heteroatoms. The number of aromatic nitrogens is 1. The second-order valence-electron chi connectivity index (χ2n) is 6.23. The molecule has 3 heterocycles. The zero-order valence-corrected chi connectivity index (χ0v) is 15.0. The van der Waals surface area contributed by atoms with Crippen molar-refractivity contribution in [2.75, 3.05) is 31.5 Å². The van der Waals surface area contributed by atoms with E-state index in [-0.39, 0.29) is 11.9 Å². The second-order valence-corrected chi connectivity index (χ2v) is 7.27. The van der Waals surface area contributed by atoms with Gasteiger partial charge in [0.25, 0.3) is 0 Å². The fourth-order valence-corrected chi connectivity index (χ4v) is 3.73. The van der Waals surface area contributed by atoms with Crippen molar-refractivity contribution in [3.05, 3.63) is 34.2 Å². The summed E-state index contributed by atoms with van der Waals surface area (Å²) in [4.78, 5) is 18.5. The number of hydrogen-bond donors (Lipinski definition) is 1. The highest BCUT2D eigenvalue weighted by Gasteiger charge is 2.24. The van der Waals surface area contributed by atoms with Crippen molar-refractivity contribution in [2.45, 2.75) is 32.9 Å². The largest absolute Gasteiger partial charge is 0.360 e. The molecule has 0 aromatic carbocycles. The van der Waals surface area contributed by atoms with Gasteiger partial charge in [0.15, 0.2) is 5.82 Å². The Hall–Kier alpha value is -1.70. The molecule has 1 saturated heterocycles. The van der Waals surface area contributed by atoms with Gasteiger partial charge in [-0.1, -0.05) is 11.2 Å². The van der Waals surface area contributed by atoms with Crippen molar-refractivity contribution in [2.24, 2.45) is 0 Å². The van der Waals surface area contributed by atoms with E-state index in [1.165, 1.54) is 4.88 Å². The SMILES string of the molecule is Cc1cc(NC(=O)C(C)N2CCCN(Cc3cccs3)CC2)no1. The van der Waals surface area contributed by atoms with Crippen molar-refractivity contribution < 1.29 is 9.32 Å². The first-order valence-corrected chi connectivity index (χ1v) is 9.23. The maximum atomic E-state index is 12.4. The zero-order chi connectivity index (χ0) is 16.9. The Morgan fingerprint density at radius 1 is 1.42 bits per heavy atom. The summed E-state index contributed by atoms with van der Waals surface area (Å²) in [5.74, 6) is 1.14. The Balaban J connectivity index is 1.51. The fourth-order valence-electron chi connectivity index (χ4n) is 2.98. The van der Waals surface area contributed by atoms with Crippen LogP contribution in [0.3, 0.4) is 0 Å². The molecule has 0 spiro atoms. The molecular weight excluding hydrogens is 324 g/mol. The van der Waals surface area contributed by atoms with Crippen LogP contribution in [0.25, 0.3) is 0 Å². The van der Waals surface area contributed by atoms with Gasteiger partial charge in [-0.05, 0) is 38.3 Å². The Morgan fingerprint density at radius 2 is 2.29 bits per heavy atom. The highest BCUT2D eigenvalue weighted by molar-refractivity contribution is 7.09. The molecule has 0 radical (unpaired) electrons. The van der Waals surface area contributed by atoms with E-state index in [4.69, 9.17) is 4.52 Å². The van der Waals surface area contributed by atoms with Crippen LogP contribution in [0.4, 0.5) is 5.82 Å². The summed E-state index contributed by atoms with van der Waals surface area (Å²) in [5.41, 5.74) is 0. The van der Waals surface area contributed by atoms with Gasteiger partial charge in [-0.15, -0.1) is 11.3 Å². The van der Waals surface area contributed by atoms with Crippen LogP contribution in [-0.4, -0.2) is 53.1 Å². The van der Waals surface area contributed by atoms with Crippen molar-refractivity contribution in [1.82, 2.24) is 15.0 Å². The lowest BCUT2D eigenvalue weighted by molar-refractivity contribution is -0.120. The van der Waals surface area contributed by atoms with Crippen LogP contribution in [0.5, 0.6) is 0 Å². The second kappa shape index (κ2) is 7.92. The van der Waals surface area contributed by atoms with Crippen LogP contribution in [0, 0.1) is 6.92 Å². The molecule has 0 saturated carbocycles. The molecule has 24 heavy (non-hydrogen) atoms. The minimum atomic E-state index is -0.177. The maximum absolute atomic E-state index is 12.4. The Labute approximate surface area is 146 Å². The summed E-state index contributed by atoms with van der Waals surface area (Å²) >= 11 is 1.80. The molecule has 1 N–H and O–H groups in total. The van der Waals surface area contributed by atoms with Crippen LogP contribution in [0.2, 0.25) is 0 Å². The van der Waals surface area contributed by atoms with Crippen molar-refractivity contribution >= 4 is 23.1 Å². The lowest BCUT2D eigenvalue weighted by atomic mass is 10.2. The van der Waals surface area contributed by atoms with E-state index in [1.807, 2.05) is 13.8 Å². The summed E-state index contributed by atoms with van der Waals surface area (Å²) in [6, 6.07) is 5.84. The van der Waals surface area contributed by atoms with Crippen LogP contribution >= 0.6 is 11.3 Å². The number of rotatable bonds is 5. The topological polar surface area (TPSA) is 61.6 Å². The number of aryl methyl sites for hydroxylation is 1. The predicted octanol–water partition coefficient (Wildman–Crippen LogP) is 2.58. The average Bonchev–Trinajstić information content (AvgIpc) is 3.15. The van der Waals surface area contributed by atoms with E-state index in [2.05, 4.69) is 37.8 Å². The smallest absolute Gasteiger partial charge is 0.242 e. The molecule has 3 rings (SSSR count). The lowest BCUT2D eigenvalue weighted by Crippen LogP contribution is -2.43. The minimum Gasteiger partial charge on any atom is -0.360 e. The van der Waals surface area contributed by atoms with E-state index in [0.717, 1.165) is 39.1 Å². The number of nitrogens with one attached hydrogen (secondary N) is 1. The molecular formula is C17H24N4O2S. The molecule has 2 aromatic heterocycles. The van der Waals surface area contributed by atoms with Gasteiger partial charge in [-0.3, -0.25) is 14.6 Å². The highest BCUT2D eigenvalue weighted by Crippen LogP contribution is 2.15. The van der Waals surface area contributed by atoms with Crippen LogP contribution in [0.1, 0.15) is 24.0 Å². The minimum absolute atomic E-state index is 0.0324. The van der Waals surface area contributed by atoms with Crippen LogP contribution in [0.15, 0.2) is 28.1 Å². The fraction of sp³-hybridized carbons (Fsp3) is 0.529. The summed E-state index contributed by atoms with van der Waals surface area (Å²) in [7, 11) is 0. The van der Waals surface area contributed by atoms with Gasteiger partial charge in [-0.25, -0.2) is 0 Å². The van der Waals surface area contributed by atoms with Crippen molar-refractivity contribution in [3.63, 3.8) is 0 Å². The van der Waals surface area contributed by atoms with E-state index < -0.39 is 0 Å². The number of thiophene rings is 1. The average molecular weight is 348 g/mol. The number of anilines is 1. The molecule has 0 bridgehead atoms. The van der Waals surface area contributed by atoms with Gasteiger partial charge in [0.2, 0.25) is 5.91 Å². The van der Waals surface area contributed by atoms with Crippen LogP contribution < -0.4 is 5.32 Å². The standard InChI is InChI=1S/C17H24N4O2S/c1-13-11-16(19-23-13)18-17(22)14(2)21-7-4-6-20(8-9-21)12-15-5-3-10-24-15/h3,5,10-11,14H,4,6-9,12H2,1-2H3,(H,18,19,22). The number of nitrogens with zero attached hydrogens (tertiary/aromatic N) is 3. The molecule has 1 fully saturated rings. The molecule has 1 aliphatic heterocycles. The third-order valence-corrected chi connectivity index (χ3v) is 5.25. The molecule has 1 unspecified atom stereocenters. The Morgan fingerprint density at radius 3 is 3.00 bits per heavy atom. The van der Waals surface area contributed by atoms with Gasteiger partial charge in [0.1, 0.15) is 5.76 Å². The van der Waals surface area contributed by atoms with Gasteiger partial charge in [0, 0.05) is 37.1 Å². The Bertz CT molecular complexity index is 655. The number of hydrogen-bond acceptors (Lipinski definition) is 6. The molecule has 1 amide bonds. The van der Waals surface area contributed by atoms with Gasteiger partial charge < -0.3 is 9.84 Å². The summed E-state index contributed by atoms with van der Waals surface area (Å²) in [5, 5.41) is 8.78.